The van der Waals surface area contributed by atoms with E-state index < -0.39 is 10.0 Å². The number of thioether (sulfide) groups is 1. The molecule has 1 aromatic heterocycles. The molecule has 0 aliphatic heterocycles. The van der Waals surface area contributed by atoms with E-state index in [1.54, 1.807) is 25.3 Å². The van der Waals surface area contributed by atoms with Gasteiger partial charge in [-0.05, 0) is 49.2 Å². The van der Waals surface area contributed by atoms with E-state index >= 15 is 0 Å². The van der Waals surface area contributed by atoms with Crippen molar-refractivity contribution in [3.63, 3.8) is 0 Å². The molecule has 0 unspecified atom stereocenters. The number of benzene rings is 2. The fourth-order valence-electron chi connectivity index (χ4n) is 2.92. The zero-order valence-corrected chi connectivity index (χ0v) is 19.2. The maximum absolute atomic E-state index is 13.4. The third-order valence-corrected chi connectivity index (χ3v) is 6.28. The summed E-state index contributed by atoms with van der Waals surface area (Å²) in [6.45, 7) is 2.25. The first-order valence-corrected chi connectivity index (χ1v) is 12.4. The summed E-state index contributed by atoms with van der Waals surface area (Å²) in [7, 11) is -1.68. The number of ether oxygens (including phenoxy) is 1. The molecule has 0 saturated heterocycles. The summed E-state index contributed by atoms with van der Waals surface area (Å²) in [5, 5.41) is 1.43. The Morgan fingerprint density at radius 2 is 2.00 bits per heavy atom. The summed E-state index contributed by atoms with van der Waals surface area (Å²) in [6.07, 6.45) is 1.70. The molecule has 160 valence electrons. The van der Waals surface area contributed by atoms with Crippen molar-refractivity contribution in [2.45, 2.75) is 18.5 Å². The topological polar surface area (TPSA) is 90.3 Å². The zero-order valence-electron chi connectivity index (χ0n) is 16.8. The second-order valence-electron chi connectivity index (χ2n) is 6.74. The Morgan fingerprint density at radius 3 is 2.70 bits per heavy atom. The van der Waals surface area contributed by atoms with Gasteiger partial charge in [0.1, 0.15) is 5.75 Å². The minimum absolute atomic E-state index is 0.225. The molecule has 7 nitrogen and oxygen atoms in total. The molecule has 3 aromatic rings. The zero-order chi connectivity index (χ0) is 21.9. The third kappa shape index (κ3) is 5.34. The molecule has 10 heteroatoms. The van der Waals surface area contributed by atoms with Crippen molar-refractivity contribution < 1.29 is 13.2 Å². The van der Waals surface area contributed by atoms with Crippen molar-refractivity contribution in [1.82, 2.24) is 14.3 Å². The SMILES string of the molecule is COc1ccc(C)cc1-n1c(SCCCNS(C)(=O)=O)nc2cc(Cl)ccc2c1=O. The van der Waals surface area contributed by atoms with Crippen LogP contribution in [0.15, 0.2) is 46.3 Å². The molecule has 3 rings (SSSR count). The van der Waals surface area contributed by atoms with Crippen LogP contribution in [-0.2, 0) is 10.0 Å². The van der Waals surface area contributed by atoms with Gasteiger partial charge < -0.3 is 4.74 Å². The molecule has 0 radical (unpaired) electrons. The van der Waals surface area contributed by atoms with Crippen LogP contribution in [0.3, 0.4) is 0 Å². The highest BCUT2D eigenvalue weighted by molar-refractivity contribution is 7.99. The minimum Gasteiger partial charge on any atom is -0.495 e. The lowest BCUT2D eigenvalue weighted by molar-refractivity contribution is 0.411. The van der Waals surface area contributed by atoms with Crippen LogP contribution in [0.1, 0.15) is 12.0 Å². The van der Waals surface area contributed by atoms with Crippen LogP contribution >= 0.6 is 23.4 Å². The molecule has 0 bridgehead atoms. The predicted octanol–water partition coefficient (Wildman–Crippen LogP) is 3.39. The van der Waals surface area contributed by atoms with E-state index in [0.717, 1.165) is 11.8 Å². The van der Waals surface area contributed by atoms with E-state index in [2.05, 4.69) is 9.71 Å². The van der Waals surface area contributed by atoms with E-state index in [0.29, 0.717) is 51.2 Å². The van der Waals surface area contributed by atoms with Crippen molar-refractivity contribution in [3.05, 3.63) is 57.3 Å². The number of aromatic nitrogens is 2. The van der Waals surface area contributed by atoms with Crippen LogP contribution in [-0.4, -0.2) is 43.6 Å². The Bertz CT molecular complexity index is 1240. The molecule has 2 aromatic carbocycles. The summed E-state index contributed by atoms with van der Waals surface area (Å²) < 4.78 is 31.9. The lowest BCUT2D eigenvalue weighted by Crippen LogP contribution is -2.24. The van der Waals surface area contributed by atoms with E-state index in [9.17, 15) is 13.2 Å². The largest absolute Gasteiger partial charge is 0.495 e. The molecule has 0 fully saturated rings. The monoisotopic (exact) mass is 467 g/mol. The van der Waals surface area contributed by atoms with E-state index in [1.807, 2.05) is 25.1 Å². The van der Waals surface area contributed by atoms with Gasteiger partial charge in [0.05, 0.1) is 30.0 Å². The molecule has 0 atom stereocenters. The Hall–Kier alpha value is -2.07. The molecule has 0 spiro atoms. The van der Waals surface area contributed by atoms with Crippen molar-refractivity contribution in [1.29, 1.82) is 0 Å². The van der Waals surface area contributed by atoms with Crippen molar-refractivity contribution in [3.8, 4) is 11.4 Å². The minimum atomic E-state index is -3.24. The number of rotatable bonds is 8. The number of sulfonamides is 1. The van der Waals surface area contributed by atoms with Gasteiger partial charge in [-0.3, -0.25) is 9.36 Å². The number of fused-ring (bicyclic) bond motifs is 1. The fourth-order valence-corrected chi connectivity index (χ4v) is 4.54. The van der Waals surface area contributed by atoms with Gasteiger partial charge in [0.2, 0.25) is 10.0 Å². The maximum Gasteiger partial charge on any atom is 0.266 e. The van der Waals surface area contributed by atoms with Gasteiger partial charge in [0, 0.05) is 17.3 Å². The average Bonchev–Trinajstić information content (AvgIpc) is 2.66. The normalized spacial score (nSPS) is 11.7. The van der Waals surface area contributed by atoms with Gasteiger partial charge in [0.15, 0.2) is 5.16 Å². The smallest absolute Gasteiger partial charge is 0.266 e. The number of nitrogens with zero attached hydrogens (tertiary/aromatic N) is 2. The summed E-state index contributed by atoms with van der Waals surface area (Å²) in [6, 6.07) is 10.6. The van der Waals surface area contributed by atoms with Crippen LogP contribution < -0.4 is 15.0 Å². The van der Waals surface area contributed by atoms with Crippen LogP contribution in [0, 0.1) is 6.92 Å². The van der Waals surface area contributed by atoms with E-state index in [4.69, 9.17) is 16.3 Å². The van der Waals surface area contributed by atoms with Gasteiger partial charge in [-0.1, -0.05) is 29.4 Å². The van der Waals surface area contributed by atoms with Gasteiger partial charge in [0.25, 0.3) is 5.56 Å². The van der Waals surface area contributed by atoms with E-state index in [-0.39, 0.29) is 5.56 Å². The molecular weight excluding hydrogens is 446 g/mol. The highest BCUT2D eigenvalue weighted by Crippen LogP contribution is 2.29. The summed E-state index contributed by atoms with van der Waals surface area (Å²) >= 11 is 7.47. The molecule has 0 saturated carbocycles. The number of nitrogens with one attached hydrogen (secondary N) is 1. The quantitative estimate of drug-likeness (QED) is 0.310. The third-order valence-electron chi connectivity index (χ3n) is 4.29. The second kappa shape index (κ2) is 9.38. The van der Waals surface area contributed by atoms with Gasteiger partial charge in [-0.25, -0.2) is 18.1 Å². The summed E-state index contributed by atoms with van der Waals surface area (Å²) in [5.41, 5.74) is 1.86. The Balaban J connectivity index is 2.06. The molecule has 0 amide bonds. The first kappa shape index (κ1) is 22.6. The molecule has 1 N–H and O–H groups in total. The highest BCUT2D eigenvalue weighted by atomic mass is 35.5. The lowest BCUT2D eigenvalue weighted by Gasteiger charge is -2.16. The number of halogens is 1. The predicted molar refractivity (Wildman–Crippen MR) is 122 cm³/mol. The fraction of sp³-hybridized carbons (Fsp3) is 0.300. The van der Waals surface area contributed by atoms with E-state index in [1.165, 1.54) is 16.3 Å². The van der Waals surface area contributed by atoms with Crippen molar-refractivity contribution in [2.75, 3.05) is 25.7 Å². The van der Waals surface area contributed by atoms with Gasteiger partial charge in [-0.2, -0.15) is 0 Å². The van der Waals surface area contributed by atoms with Crippen LogP contribution in [0.4, 0.5) is 0 Å². The highest BCUT2D eigenvalue weighted by Gasteiger charge is 2.17. The molecule has 0 aliphatic rings. The van der Waals surface area contributed by atoms with Crippen molar-refractivity contribution in [2.24, 2.45) is 0 Å². The molecule has 1 heterocycles. The Labute approximate surface area is 184 Å². The van der Waals surface area contributed by atoms with Gasteiger partial charge in [-0.15, -0.1) is 0 Å². The first-order valence-electron chi connectivity index (χ1n) is 9.14. The number of aryl methyl sites for hydroxylation is 1. The Morgan fingerprint density at radius 1 is 1.23 bits per heavy atom. The molecule has 30 heavy (non-hydrogen) atoms. The van der Waals surface area contributed by atoms with Crippen molar-refractivity contribution >= 4 is 44.3 Å². The maximum atomic E-state index is 13.4. The average molecular weight is 468 g/mol. The summed E-state index contributed by atoms with van der Waals surface area (Å²) in [4.78, 5) is 18.1. The summed E-state index contributed by atoms with van der Waals surface area (Å²) in [5.74, 6) is 1.12. The number of hydrogen-bond donors (Lipinski definition) is 1. The van der Waals surface area contributed by atoms with Crippen LogP contribution in [0.25, 0.3) is 16.6 Å². The first-order chi connectivity index (χ1) is 14.2. The standard InChI is InChI=1S/C20H22ClN3O4S2/c1-13-5-8-18(28-2)17(11-13)24-19(25)15-7-6-14(21)12-16(15)23-20(24)29-10-4-9-22-30(3,26)27/h5-8,11-12,22H,4,9-10H2,1-3H3. The lowest BCUT2D eigenvalue weighted by atomic mass is 10.2. The van der Waals surface area contributed by atoms with Crippen LogP contribution in [0.5, 0.6) is 5.75 Å². The second-order valence-corrected chi connectivity index (χ2v) is 10.1. The molecular formula is C20H22ClN3O4S2. The number of hydrogen-bond acceptors (Lipinski definition) is 6. The van der Waals surface area contributed by atoms with Crippen LogP contribution in [0.2, 0.25) is 5.02 Å². The molecule has 0 aliphatic carbocycles. The van der Waals surface area contributed by atoms with Gasteiger partial charge >= 0.3 is 0 Å². The Kier molecular flexibility index (Phi) is 7.07. The number of methoxy groups -OCH3 is 1.